The number of hydrogen-bond donors (Lipinski definition) is 0. The van der Waals surface area contributed by atoms with E-state index in [1.807, 2.05) is 20.8 Å². The first-order chi connectivity index (χ1) is 6.04. The van der Waals surface area contributed by atoms with E-state index in [0.717, 1.165) is 0 Å². The van der Waals surface area contributed by atoms with Crippen molar-refractivity contribution < 1.29 is 4.79 Å². The Morgan fingerprint density at radius 3 is 2.46 bits per heavy atom. The molecule has 0 saturated carbocycles. The summed E-state index contributed by atoms with van der Waals surface area (Å²) in [7, 11) is 1.73. The van der Waals surface area contributed by atoms with Crippen molar-refractivity contribution in [3.63, 3.8) is 0 Å². The topological polar surface area (TPSA) is 47.8 Å². The van der Waals surface area contributed by atoms with Gasteiger partial charge >= 0.3 is 0 Å². The Hall–Kier alpha value is -1.19. The molecule has 1 atom stereocenters. The van der Waals surface area contributed by atoms with Crippen LogP contribution in [-0.4, -0.2) is 20.8 Å². The van der Waals surface area contributed by atoms with E-state index in [0.29, 0.717) is 11.6 Å². The molecule has 0 spiro atoms. The van der Waals surface area contributed by atoms with E-state index >= 15 is 0 Å². The van der Waals surface area contributed by atoms with Crippen molar-refractivity contribution in [3.8, 4) is 0 Å². The van der Waals surface area contributed by atoms with E-state index < -0.39 is 0 Å². The zero-order valence-electron chi connectivity index (χ0n) is 8.48. The standard InChI is InChI=1S/C9H15N3O/c1-6(2)7(3)9(13)8-5-10-11-12(8)4/h5-7H,1-4H3. The maximum Gasteiger partial charge on any atom is 0.185 e. The normalized spacial score (nSPS) is 13.3. The number of hydrogen-bond acceptors (Lipinski definition) is 3. The van der Waals surface area contributed by atoms with E-state index in [9.17, 15) is 4.79 Å². The number of ketones is 1. The second kappa shape index (κ2) is 3.68. The quantitative estimate of drug-likeness (QED) is 0.660. The molecule has 72 valence electrons. The molecule has 0 aromatic carbocycles. The van der Waals surface area contributed by atoms with Crippen molar-refractivity contribution in [2.75, 3.05) is 0 Å². The van der Waals surface area contributed by atoms with Crippen molar-refractivity contribution in [2.45, 2.75) is 20.8 Å². The molecule has 4 heteroatoms. The predicted octanol–water partition coefficient (Wildman–Crippen LogP) is 1.29. The molecule has 0 aliphatic rings. The van der Waals surface area contributed by atoms with Crippen LogP contribution in [0.4, 0.5) is 0 Å². The van der Waals surface area contributed by atoms with Crippen LogP contribution in [0.1, 0.15) is 31.3 Å². The summed E-state index contributed by atoms with van der Waals surface area (Å²) in [5.74, 6) is 0.488. The first-order valence-electron chi connectivity index (χ1n) is 4.43. The van der Waals surface area contributed by atoms with Gasteiger partial charge in [-0.2, -0.15) is 0 Å². The molecule has 0 amide bonds. The summed E-state index contributed by atoms with van der Waals surface area (Å²) in [5.41, 5.74) is 0.584. The lowest BCUT2D eigenvalue weighted by molar-refractivity contribution is 0.0890. The summed E-state index contributed by atoms with van der Waals surface area (Å²) in [6, 6.07) is 0. The van der Waals surface area contributed by atoms with Gasteiger partial charge in [0, 0.05) is 13.0 Å². The van der Waals surface area contributed by atoms with Crippen LogP contribution in [0, 0.1) is 11.8 Å². The van der Waals surface area contributed by atoms with Crippen molar-refractivity contribution >= 4 is 5.78 Å². The monoisotopic (exact) mass is 181 g/mol. The second-order valence-electron chi connectivity index (χ2n) is 3.64. The first-order valence-corrected chi connectivity index (χ1v) is 4.43. The third kappa shape index (κ3) is 1.94. The molecule has 0 aliphatic carbocycles. The Bertz CT molecular complexity index is 304. The Labute approximate surface area is 77.9 Å². The van der Waals surface area contributed by atoms with Gasteiger partial charge in [-0.05, 0) is 5.92 Å². The van der Waals surface area contributed by atoms with Crippen LogP contribution in [0.3, 0.4) is 0 Å². The fourth-order valence-electron chi connectivity index (χ4n) is 1.05. The number of rotatable bonds is 3. The molecule has 0 saturated heterocycles. The molecule has 1 aromatic heterocycles. The molecule has 1 rings (SSSR count). The van der Waals surface area contributed by atoms with Crippen LogP contribution in [0.2, 0.25) is 0 Å². The Morgan fingerprint density at radius 1 is 1.46 bits per heavy atom. The van der Waals surface area contributed by atoms with Gasteiger partial charge in [0.15, 0.2) is 5.78 Å². The molecule has 4 nitrogen and oxygen atoms in total. The highest BCUT2D eigenvalue weighted by atomic mass is 16.1. The number of aromatic nitrogens is 3. The molecule has 13 heavy (non-hydrogen) atoms. The van der Waals surface area contributed by atoms with Crippen molar-refractivity contribution in [1.82, 2.24) is 15.0 Å². The zero-order chi connectivity index (χ0) is 10.0. The Kier molecular flexibility index (Phi) is 2.80. The number of carbonyl (C=O) groups excluding carboxylic acids is 1. The van der Waals surface area contributed by atoms with E-state index in [-0.39, 0.29) is 11.7 Å². The van der Waals surface area contributed by atoms with Gasteiger partial charge in [0.25, 0.3) is 0 Å². The van der Waals surface area contributed by atoms with Crippen LogP contribution >= 0.6 is 0 Å². The van der Waals surface area contributed by atoms with Gasteiger partial charge < -0.3 is 0 Å². The molecule has 1 heterocycles. The van der Waals surface area contributed by atoms with Gasteiger partial charge in [-0.25, -0.2) is 4.68 Å². The third-order valence-corrected chi connectivity index (χ3v) is 2.38. The highest BCUT2D eigenvalue weighted by molar-refractivity contribution is 5.95. The molecule has 1 aromatic rings. The van der Waals surface area contributed by atoms with Crippen molar-refractivity contribution in [2.24, 2.45) is 18.9 Å². The molecule has 1 unspecified atom stereocenters. The molecule has 0 radical (unpaired) electrons. The minimum absolute atomic E-state index is 0.0252. The minimum Gasteiger partial charge on any atom is -0.292 e. The average molecular weight is 181 g/mol. The molecule has 0 fully saturated rings. The number of nitrogens with zero attached hydrogens (tertiary/aromatic N) is 3. The Balaban J connectivity index is 2.86. The fraction of sp³-hybridized carbons (Fsp3) is 0.667. The molecule has 0 bridgehead atoms. The maximum absolute atomic E-state index is 11.8. The van der Waals surface area contributed by atoms with Gasteiger partial charge in [-0.3, -0.25) is 4.79 Å². The van der Waals surface area contributed by atoms with Crippen LogP contribution in [0.5, 0.6) is 0 Å². The van der Waals surface area contributed by atoms with E-state index in [1.165, 1.54) is 10.9 Å². The van der Waals surface area contributed by atoms with E-state index in [2.05, 4.69) is 10.3 Å². The third-order valence-electron chi connectivity index (χ3n) is 2.38. The fourth-order valence-corrected chi connectivity index (χ4v) is 1.05. The number of carbonyl (C=O) groups is 1. The van der Waals surface area contributed by atoms with Crippen LogP contribution in [-0.2, 0) is 7.05 Å². The minimum atomic E-state index is 0.0252. The van der Waals surface area contributed by atoms with Gasteiger partial charge in [0.2, 0.25) is 0 Å². The first kappa shape index (κ1) is 9.89. The Morgan fingerprint density at radius 2 is 2.08 bits per heavy atom. The lowest BCUT2D eigenvalue weighted by Gasteiger charge is -2.13. The number of Topliss-reactive ketones (excluding diaryl/α,β-unsaturated/α-hetero) is 1. The molecule has 0 aliphatic heterocycles. The summed E-state index contributed by atoms with van der Waals surface area (Å²) in [5, 5.41) is 7.40. The highest BCUT2D eigenvalue weighted by Gasteiger charge is 2.21. The highest BCUT2D eigenvalue weighted by Crippen LogP contribution is 2.15. The maximum atomic E-state index is 11.8. The smallest absolute Gasteiger partial charge is 0.185 e. The van der Waals surface area contributed by atoms with Crippen LogP contribution < -0.4 is 0 Å². The lowest BCUT2D eigenvalue weighted by atomic mass is 9.92. The van der Waals surface area contributed by atoms with E-state index in [4.69, 9.17) is 0 Å². The molecular weight excluding hydrogens is 166 g/mol. The summed E-state index contributed by atoms with van der Waals surface area (Å²) < 4.78 is 1.52. The van der Waals surface area contributed by atoms with Crippen molar-refractivity contribution in [1.29, 1.82) is 0 Å². The number of aryl methyl sites for hydroxylation is 1. The summed E-state index contributed by atoms with van der Waals surface area (Å²) in [6.07, 6.45) is 1.52. The van der Waals surface area contributed by atoms with E-state index in [1.54, 1.807) is 7.05 Å². The zero-order valence-corrected chi connectivity index (χ0v) is 8.48. The SMILES string of the molecule is CC(C)C(C)C(=O)c1cnnn1C. The summed E-state index contributed by atoms with van der Waals surface area (Å²) in [4.78, 5) is 11.8. The lowest BCUT2D eigenvalue weighted by Crippen LogP contribution is -2.19. The van der Waals surface area contributed by atoms with Crippen molar-refractivity contribution in [3.05, 3.63) is 11.9 Å². The van der Waals surface area contributed by atoms with Crippen LogP contribution in [0.15, 0.2) is 6.20 Å². The van der Waals surface area contributed by atoms with Gasteiger partial charge in [-0.1, -0.05) is 26.0 Å². The molecular formula is C9H15N3O. The largest absolute Gasteiger partial charge is 0.292 e. The summed E-state index contributed by atoms with van der Waals surface area (Å²) in [6.45, 7) is 6.00. The van der Waals surface area contributed by atoms with Gasteiger partial charge in [0.1, 0.15) is 5.69 Å². The second-order valence-corrected chi connectivity index (χ2v) is 3.64. The predicted molar refractivity (Wildman–Crippen MR) is 49.3 cm³/mol. The van der Waals surface area contributed by atoms with Gasteiger partial charge in [-0.15, -0.1) is 5.10 Å². The summed E-state index contributed by atoms with van der Waals surface area (Å²) >= 11 is 0. The average Bonchev–Trinajstić information content (AvgIpc) is 2.48. The van der Waals surface area contributed by atoms with Crippen LogP contribution in [0.25, 0.3) is 0 Å². The molecule has 0 N–H and O–H groups in total. The van der Waals surface area contributed by atoms with Gasteiger partial charge in [0.05, 0.1) is 6.20 Å².